The monoisotopic (exact) mass is 472 g/mol. The van der Waals surface area contributed by atoms with E-state index in [2.05, 4.69) is 21.9 Å². The predicted molar refractivity (Wildman–Crippen MR) is 135 cm³/mol. The van der Waals surface area contributed by atoms with E-state index in [9.17, 15) is 14.9 Å². The van der Waals surface area contributed by atoms with E-state index < -0.39 is 0 Å². The molecule has 0 aliphatic carbocycles. The van der Waals surface area contributed by atoms with E-state index in [-0.39, 0.29) is 16.5 Å². The number of anilines is 2. The van der Waals surface area contributed by atoms with Gasteiger partial charge in [-0.3, -0.25) is 14.9 Å². The van der Waals surface area contributed by atoms with Crippen LogP contribution in [-0.4, -0.2) is 55.6 Å². The van der Waals surface area contributed by atoms with Crippen LogP contribution < -0.4 is 14.5 Å². The fourth-order valence-corrected chi connectivity index (χ4v) is 4.90. The molecule has 1 fully saturated rings. The molecular formula is C27H28N4O4. The average molecular weight is 473 g/mol. The summed E-state index contributed by atoms with van der Waals surface area (Å²) in [7, 11) is 1.60. The van der Waals surface area contributed by atoms with Crippen LogP contribution in [0, 0.1) is 10.1 Å². The zero-order valence-corrected chi connectivity index (χ0v) is 19.7. The topological polar surface area (TPSA) is 79.2 Å². The Bertz CT molecular complexity index is 1240. The average Bonchev–Trinajstić information content (AvgIpc) is 2.92. The van der Waals surface area contributed by atoms with E-state index in [1.54, 1.807) is 37.4 Å². The van der Waals surface area contributed by atoms with Gasteiger partial charge in [0.15, 0.2) is 0 Å². The Morgan fingerprint density at radius 2 is 1.60 bits per heavy atom. The minimum Gasteiger partial charge on any atom is -0.497 e. The molecule has 8 heteroatoms. The summed E-state index contributed by atoms with van der Waals surface area (Å²) in [6, 6.07) is 20.8. The van der Waals surface area contributed by atoms with E-state index in [1.807, 2.05) is 29.2 Å². The third kappa shape index (κ3) is 4.64. The van der Waals surface area contributed by atoms with Gasteiger partial charge in [-0.15, -0.1) is 0 Å². The number of amides is 1. The van der Waals surface area contributed by atoms with Crippen LogP contribution in [0.3, 0.4) is 0 Å². The van der Waals surface area contributed by atoms with Crippen molar-refractivity contribution in [3.63, 3.8) is 0 Å². The highest BCUT2D eigenvalue weighted by Gasteiger charge is 2.27. The number of nitro groups is 1. The molecule has 3 aromatic rings. The Balaban J connectivity index is 1.31. The Morgan fingerprint density at radius 1 is 0.886 bits per heavy atom. The second kappa shape index (κ2) is 9.66. The molecule has 2 heterocycles. The number of fused-ring (bicyclic) bond motifs is 1. The third-order valence-corrected chi connectivity index (χ3v) is 6.90. The molecular weight excluding hydrogens is 444 g/mol. The van der Waals surface area contributed by atoms with Gasteiger partial charge >= 0.3 is 0 Å². The van der Waals surface area contributed by atoms with Crippen molar-refractivity contribution in [1.82, 2.24) is 4.90 Å². The standard InChI is InChI=1S/C27H28N4O4/c1-35-24-9-6-21(7-10-24)27(32)29-16-14-28(15-17-29)23-8-11-25(31(33)34)26(18-23)30-13-12-20-4-2-3-5-22(20)19-30/h2-11,18H,12-17,19H2,1H3. The SMILES string of the molecule is COc1ccc(C(=O)N2CCN(c3ccc([N+](=O)[O-])c(N4CCc5ccccc5C4)c3)CC2)cc1. The van der Waals surface area contributed by atoms with Crippen molar-refractivity contribution >= 4 is 23.0 Å². The van der Waals surface area contributed by atoms with Crippen molar-refractivity contribution in [2.75, 3.05) is 49.6 Å². The summed E-state index contributed by atoms with van der Waals surface area (Å²) >= 11 is 0. The molecule has 2 aliphatic heterocycles. The van der Waals surface area contributed by atoms with Crippen molar-refractivity contribution < 1.29 is 14.5 Å². The highest BCUT2D eigenvalue weighted by atomic mass is 16.6. The highest BCUT2D eigenvalue weighted by molar-refractivity contribution is 5.94. The molecule has 35 heavy (non-hydrogen) atoms. The van der Waals surface area contributed by atoms with Gasteiger partial charge in [-0.1, -0.05) is 24.3 Å². The largest absolute Gasteiger partial charge is 0.497 e. The molecule has 0 aromatic heterocycles. The molecule has 0 unspecified atom stereocenters. The maximum Gasteiger partial charge on any atom is 0.292 e. The van der Waals surface area contributed by atoms with Gasteiger partial charge in [-0.25, -0.2) is 0 Å². The summed E-state index contributed by atoms with van der Waals surface area (Å²) in [5.41, 5.74) is 4.88. The molecule has 0 radical (unpaired) electrons. The quantitative estimate of drug-likeness (QED) is 0.410. The Kier molecular flexibility index (Phi) is 6.27. The van der Waals surface area contributed by atoms with E-state index in [0.29, 0.717) is 44.0 Å². The fraction of sp³-hybridized carbons (Fsp3) is 0.296. The maximum atomic E-state index is 12.9. The van der Waals surface area contributed by atoms with Crippen molar-refractivity contribution in [2.24, 2.45) is 0 Å². The Labute approximate surface area is 204 Å². The first-order valence-electron chi connectivity index (χ1n) is 11.8. The molecule has 1 amide bonds. The van der Waals surface area contributed by atoms with E-state index in [0.717, 1.165) is 24.4 Å². The van der Waals surface area contributed by atoms with Crippen LogP contribution in [0.2, 0.25) is 0 Å². The lowest BCUT2D eigenvalue weighted by molar-refractivity contribution is -0.384. The Morgan fingerprint density at radius 3 is 2.29 bits per heavy atom. The molecule has 8 nitrogen and oxygen atoms in total. The minimum atomic E-state index is -0.301. The minimum absolute atomic E-state index is 0.00340. The van der Waals surface area contributed by atoms with Crippen molar-refractivity contribution in [3.8, 4) is 5.75 Å². The summed E-state index contributed by atoms with van der Waals surface area (Å²) in [6.45, 7) is 3.92. The maximum absolute atomic E-state index is 12.9. The highest BCUT2D eigenvalue weighted by Crippen LogP contribution is 2.36. The number of rotatable bonds is 5. The lowest BCUT2D eigenvalue weighted by atomic mass is 9.99. The van der Waals surface area contributed by atoms with Crippen LogP contribution in [0.15, 0.2) is 66.7 Å². The lowest BCUT2D eigenvalue weighted by Crippen LogP contribution is -2.48. The summed E-state index contributed by atoms with van der Waals surface area (Å²) in [5.74, 6) is 0.723. The van der Waals surface area contributed by atoms with Gasteiger partial charge in [0.25, 0.3) is 11.6 Å². The number of piperazine rings is 1. The summed E-state index contributed by atoms with van der Waals surface area (Å²) in [4.78, 5) is 30.6. The van der Waals surface area contributed by atoms with Gasteiger partial charge < -0.3 is 19.4 Å². The van der Waals surface area contributed by atoms with E-state index in [1.165, 1.54) is 11.1 Å². The van der Waals surface area contributed by atoms with Crippen LogP contribution in [0.1, 0.15) is 21.5 Å². The second-order valence-corrected chi connectivity index (χ2v) is 8.88. The predicted octanol–water partition coefficient (Wildman–Crippen LogP) is 4.13. The number of nitrogens with zero attached hydrogens (tertiary/aromatic N) is 4. The summed E-state index contributed by atoms with van der Waals surface area (Å²) in [6.07, 6.45) is 0.865. The van der Waals surface area contributed by atoms with Crippen LogP contribution in [0.5, 0.6) is 5.75 Å². The third-order valence-electron chi connectivity index (χ3n) is 6.90. The number of benzene rings is 3. The second-order valence-electron chi connectivity index (χ2n) is 8.88. The molecule has 0 atom stereocenters. The van der Waals surface area contributed by atoms with Crippen molar-refractivity contribution in [1.29, 1.82) is 0 Å². The molecule has 180 valence electrons. The number of carbonyl (C=O) groups is 1. The molecule has 0 bridgehead atoms. The number of nitro benzene ring substituents is 1. The first-order valence-corrected chi connectivity index (χ1v) is 11.8. The van der Waals surface area contributed by atoms with Crippen LogP contribution in [0.25, 0.3) is 0 Å². The van der Waals surface area contributed by atoms with Gasteiger partial charge in [-0.05, 0) is 53.9 Å². The van der Waals surface area contributed by atoms with Gasteiger partial charge in [-0.2, -0.15) is 0 Å². The summed E-state index contributed by atoms with van der Waals surface area (Å²) in [5, 5.41) is 11.8. The smallest absolute Gasteiger partial charge is 0.292 e. The van der Waals surface area contributed by atoms with Crippen molar-refractivity contribution in [2.45, 2.75) is 13.0 Å². The van der Waals surface area contributed by atoms with Gasteiger partial charge in [0, 0.05) is 56.6 Å². The molecule has 0 spiro atoms. The van der Waals surface area contributed by atoms with Gasteiger partial charge in [0.05, 0.1) is 12.0 Å². The molecule has 1 saturated heterocycles. The van der Waals surface area contributed by atoms with Crippen molar-refractivity contribution in [3.05, 3.63) is 93.5 Å². The van der Waals surface area contributed by atoms with Gasteiger partial charge in [0.1, 0.15) is 11.4 Å². The molecule has 0 N–H and O–H groups in total. The van der Waals surface area contributed by atoms with Crippen LogP contribution >= 0.6 is 0 Å². The van der Waals surface area contributed by atoms with Crippen LogP contribution in [-0.2, 0) is 13.0 Å². The molecule has 5 rings (SSSR count). The normalized spacial score (nSPS) is 15.5. The first-order chi connectivity index (χ1) is 17.0. The summed E-state index contributed by atoms with van der Waals surface area (Å²) < 4.78 is 5.17. The number of hydrogen-bond acceptors (Lipinski definition) is 6. The van der Waals surface area contributed by atoms with E-state index in [4.69, 9.17) is 4.74 Å². The first kappa shape index (κ1) is 22.7. The number of ether oxygens (including phenoxy) is 1. The lowest BCUT2D eigenvalue weighted by Gasteiger charge is -2.37. The fourth-order valence-electron chi connectivity index (χ4n) is 4.90. The number of methoxy groups -OCH3 is 1. The molecule has 2 aliphatic rings. The number of hydrogen-bond donors (Lipinski definition) is 0. The van der Waals surface area contributed by atoms with Crippen LogP contribution in [0.4, 0.5) is 17.1 Å². The molecule has 0 saturated carbocycles. The van der Waals surface area contributed by atoms with Gasteiger partial charge in [0.2, 0.25) is 0 Å². The number of carbonyl (C=O) groups excluding carboxylic acids is 1. The zero-order chi connectivity index (χ0) is 24.4. The van der Waals surface area contributed by atoms with E-state index >= 15 is 0 Å². The molecule has 3 aromatic carbocycles. The Hall–Kier alpha value is -4.07. The zero-order valence-electron chi connectivity index (χ0n) is 19.7.